The van der Waals surface area contributed by atoms with E-state index in [1.165, 1.54) is 0 Å². The molecule has 2 aromatic heterocycles. The molecule has 1 aromatic carbocycles. The van der Waals surface area contributed by atoms with E-state index in [9.17, 15) is 4.79 Å². The monoisotopic (exact) mass is 280 g/mol. The summed E-state index contributed by atoms with van der Waals surface area (Å²) in [5.41, 5.74) is 2.26. The minimum atomic E-state index is 0.0278. The molecule has 0 saturated carbocycles. The molecule has 0 atom stereocenters. The number of hydrogen-bond acceptors (Lipinski definition) is 4. The van der Waals surface area contributed by atoms with Crippen LogP contribution in [0.25, 0.3) is 16.5 Å². The van der Waals surface area contributed by atoms with Gasteiger partial charge in [-0.1, -0.05) is 31.2 Å². The molecule has 0 aliphatic carbocycles. The molecule has 0 aliphatic rings. The second-order valence-corrected chi connectivity index (χ2v) is 4.80. The van der Waals surface area contributed by atoms with E-state index in [-0.39, 0.29) is 5.78 Å². The molecule has 0 radical (unpaired) electrons. The van der Waals surface area contributed by atoms with Crippen LogP contribution in [-0.2, 0) is 6.42 Å². The molecule has 2 heterocycles. The zero-order valence-corrected chi connectivity index (χ0v) is 12.1. The van der Waals surface area contributed by atoms with E-state index in [0.29, 0.717) is 18.5 Å². The van der Waals surface area contributed by atoms with Gasteiger partial charge in [-0.15, -0.1) is 5.10 Å². The number of fused-ring (bicyclic) bond motifs is 1. The van der Waals surface area contributed by atoms with Crippen molar-refractivity contribution in [3.63, 3.8) is 0 Å². The van der Waals surface area contributed by atoms with Gasteiger partial charge >= 0.3 is 0 Å². The summed E-state index contributed by atoms with van der Waals surface area (Å²) in [5.74, 6) is 0.0278. The fourth-order valence-corrected chi connectivity index (χ4v) is 2.49. The van der Waals surface area contributed by atoms with Gasteiger partial charge in [0.05, 0.1) is 11.4 Å². The van der Waals surface area contributed by atoms with Gasteiger partial charge in [-0.25, -0.2) is 4.68 Å². The van der Waals surface area contributed by atoms with E-state index >= 15 is 0 Å². The summed E-state index contributed by atoms with van der Waals surface area (Å²) in [7, 11) is 0. The number of Topliss-reactive ketones (excluding diaryl/α,β-unsaturated/α-hetero) is 1. The van der Waals surface area contributed by atoms with Crippen LogP contribution in [0.1, 0.15) is 36.5 Å². The minimum absolute atomic E-state index is 0.0278. The molecule has 21 heavy (non-hydrogen) atoms. The van der Waals surface area contributed by atoms with Gasteiger partial charge in [0.15, 0.2) is 11.5 Å². The maximum atomic E-state index is 12.0. The summed E-state index contributed by atoms with van der Waals surface area (Å²) < 4.78 is 1.77. The van der Waals surface area contributed by atoms with E-state index in [1.54, 1.807) is 10.9 Å². The number of aromatic nitrogens is 4. The minimum Gasteiger partial charge on any atom is -0.292 e. The van der Waals surface area contributed by atoms with Crippen molar-refractivity contribution in [3.05, 3.63) is 48.0 Å². The highest BCUT2D eigenvalue weighted by Gasteiger charge is 2.18. The fraction of sp³-hybridized carbons (Fsp3) is 0.250. The lowest BCUT2D eigenvalue weighted by molar-refractivity contribution is 0.0982. The van der Waals surface area contributed by atoms with Gasteiger partial charge < -0.3 is 0 Å². The second kappa shape index (κ2) is 5.44. The topological polar surface area (TPSA) is 60.7 Å². The smallest absolute Gasteiger partial charge is 0.184 e. The van der Waals surface area contributed by atoms with Crippen molar-refractivity contribution < 1.29 is 4.79 Å². The number of pyridine rings is 1. The van der Waals surface area contributed by atoms with Crippen molar-refractivity contribution in [2.75, 3.05) is 0 Å². The fourth-order valence-electron chi connectivity index (χ4n) is 2.49. The van der Waals surface area contributed by atoms with Gasteiger partial charge in [0.2, 0.25) is 0 Å². The van der Waals surface area contributed by atoms with Gasteiger partial charge in [0.1, 0.15) is 0 Å². The molecule has 0 aliphatic heterocycles. The van der Waals surface area contributed by atoms with Crippen LogP contribution in [0, 0.1) is 0 Å². The molecule has 0 bridgehead atoms. The maximum absolute atomic E-state index is 12.0. The molecule has 0 spiro atoms. The Balaban J connectivity index is 2.24. The molecule has 0 amide bonds. The first kappa shape index (κ1) is 13.4. The Morgan fingerprint density at radius 1 is 1.24 bits per heavy atom. The number of benzene rings is 1. The largest absolute Gasteiger partial charge is 0.292 e. The summed E-state index contributed by atoms with van der Waals surface area (Å²) in [5, 5.41) is 10.4. The molecular formula is C16H16N4O. The van der Waals surface area contributed by atoms with Crippen molar-refractivity contribution in [1.82, 2.24) is 20.0 Å². The van der Waals surface area contributed by atoms with Gasteiger partial charge in [-0.2, -0.15) is 0 Å². The van der Waals surface area contributed by atoms with Crippen molar-refractivity contribution >= 4 is 16.6 Å². The van der Waals surface area contributed by atoms with Crippen LogP contribution in [0.2, 0.25) is 0 Å². The Morgan fingerprint density at radius 2 is 2.10 bits per heavy atom. The Bertz CT molecular complexity index is 802. The summed E-state index contributed by atoms with van der Waals surface area (Å²) in [6, 6.07) is 7.90. The molecule has 5 nitrogen and oxygen atoms in total. The lowest BCUT2D eigenvalue weighted by atomic mass is 10.1. The van der Waals surface area contributed by atoms with Crippen LogP contribution >= 0.6 is 0 Å². The molecule has 0 fully saturated rings. The van der Waals surface area contributed by atoms with Crippen LogP contribution in [0.3, 0.4) is 0 Å². The lowest BCUT2D eigenvalue weighted by Gasteiger charge is -2.08. The normalized spacial score (nSPS) is 11.0. The van der Waals surface area contributed by atoms with Crippen LogP contribution in [0.5, 0.6) is 0 Å². The Morgan fingerprint density at radius 3 is 2.86 bits per heavy atom. The summed E-state index contributed by atoms with van der Waals surface area (Å²) in [4.78, 5) is 16.1. The molecule has 3 rings (SSSR count). The van der Waals surface area contributed by atoms with E-state index in [0.717, 1.165) is 22.2 Å². The van der Waals surface area contributed by atoms with E-state index in [4.69, 9.17) is 0 Å². The molecule has 5 heteroatoms. The first-order valence-electron chi connectivity index (χ1n) is 7.07. The Hall–Kier alpha value is -2.56. The van der Waals surface area contributed by atoms with Gasteiger partial charge in [-0.3, -0.25) is 9.78 Å². The number of rotatable bonds is 4. The van der Waals surface area contributed by atoms with E-state index in [1.807, 2.05) is 44.3 Å². The zero-order chi connectivity index (χ0) is 14.8. The van der Waals surface area contributed by atoms with E-state index < -0.39 is 0 Å². The van der Waals surface area contributed by atoms with Gasteiger partial charge in [0, 0.05) is 29.6 Å². The number of ketones is 1. The molecule has 0 saturated heterocycles. The Labute approximate surface area is 122 Å². The summed E-state index contributed by atoms with van der Waals surface area (Å²) in [6.07, 6.45) is 4.71. The summed E-state index contributed by atoms with van der Waals surface area (Å²) in [6.45, 7) is 3.85. The van der Waals surface area contributed by atoms with Gasteiger partial charge in [0.25, 0.3) is 0 Å². The number of carbonyl (C=O) groups is 1. The van der Waals surface area contributed by atoms with Crippen molar-refractivity contribution in [2.24, 2.45) is 0 Å². The predicted octanol–water partition coefficient (Wildman–Crippen LogP) is 2.97. The molecular weight excluding hydrogens is 264 g/mol. The van der Waals surface area contributed by atoms with Crippen LogP contribution < -0.4 is 0 Å². The highest BCUT2D eigenvalue weighted by atomic mass is 16.1. The van der Waals surface area contributed by atoms with Crippen LogP contribution in [0.15, 0.2) is 36.7 Å². The van der Waals surface area contributed by atoms with E-state index in [2.05, 4.69) is 15.3 Å². The number of carbonyl (C=O) groups excluding carboxylic acids is 1. The number of hydrogen-bond donors (Lipinski definition) is 0. The summed E-state index contributed by atoms with van der Waals surface area (Å²) >= 11 is 0. The van der Waals surface area contributed by atoms with Crippen molar-refractivity contribution in [3.8, 4) is 5.69 Å². The quantitative estimate of drug-likeness (QED) is 0.689. The van der Waals surface area contributed by atoms with Crippen LogP contribution in [-0.4, -0.2) is 25.8 Å². The molecule has 0 unspecified atom stereocenters. The SMILES string of the molecule is CCC(=O)c1nnn(-c2cccc3cnccc23)c1CC. The third-order valence-electron chi connectivity index (χ3n) is 3.57. The Kier molecular flexibility index (Phi) is 3.48. The standard InChI is InChI=1S/C16H16N4O/c1-3-13-16(15(21)4-2)18-19-20(13)14-7-5-6-11-10-17-9-8-12(11)14/h5-10H,3-4H2,1-2H3. The maximum Gasteiger partial charge on any atom is 0.184 e. The molecule has 0 N–H and O–H groups in total. The average molecular weight is 280 g/mol. The highest BCUT2D eigenvalue weighted by Crippen LogP contribution is 2.23. The zero-order valence-electron chi connectivity index (χ0n) is 12.1. The third kappa shape index (κ3) is 2.20. The molecule has 106 valence electrons. The van der Waals surface area contributed by atoms with Crippen LogP contribution in [0.4, 0.5) is 0 Å². The van der Waals surface area contributed by atoms with Crippen molar-refractivity contribution in [2.45, 2.75) is 26.7 Å². The lowest BCUT2D eigenvalue weighted by Crippen LogP contribution is -2.06. The third-order valence-corrected chi connectivity index (χ3v) is 3.57. The first-order chi connectivity index (χ1) is 10.3. The van der Waals surface area contributed by atoms with Gasteiger partial charge in [-0.05, 0) is 18.6 Å². The molecule has 3 aromatic rings. The number of nitrogens with zero attached hydrogens (tertiary/aromatic N) is 4. The second-order valence-electron chi connectivity index (χ2n) is 4.80. The van der Waals surface area contributed by atoms with Crippen molar-refractivity contribution in [1.29, 1.82) is 0 Å². The predicted molar refractivity (Wildman–Crippen MR) is 80.7 cm³/mol. The average Bonchev–Trinajstić information content (AvgIpc) is 2.97. The first-order valence-corrected chi connectivity index (χ1v) is 7.07. The highest BCUT2D eigenvalue weighted by molar-refractivity contribution is 5.95.